The smallest absolute Gasteiger partial charge is 0.195 e. The van der Waals surface area contributed by atoms with Gasteiger partial charge in [0, 0.05) is 7.05 Å². The van der Waals surface area contributed by atoms with Crippen molar-refractivity contribution in [3.05, 3.63) is 40.4 Å². The molecule has 1 aromatic heterocycles. The summed E-state index contributed by atoms with van der Waals surface area (Å²) in [7, 11) is 1.88. The van der Waals surface area contributed by atoms with E-state index in [2.05, 4.69) is 36.2 Å². The van der Waals surface area contributed by atoms with Crippen molar-refractivity contribution in [2.75, 3.05) is 0 Å². The summed E-state index contributed by atoms with van der Waals surface area (Å²) < 4.78 is 8.30. The lowest BCUT2D eigenvalue weighted by atomic mass is 10.0. The van der Waals surface area contributed by atoms with E-state index >= 15 is 0 Å². The zero-order valence-corrected chi connectivity index (χ0v) is 12.5. The summed E-state index contributed by atoms with van der Waals surface area (Å²) >= 11 is 5.09. The normalized spacial score (nSPS) is 12.7. The molecule has 2 aromatic rings. The van der Waals surface area contributed by atoms with Crippen LogP contribution in [0.15, 0.2) is 24.3 Å². The summed E-state index contributed by atoms with van der Waals surface area (Å²) in [6.45, 7) is 6.31. The lowest BCUT2D eigenvalue weighted by Gasteiger charge is -2.14. The van der Waals surface area contributed by atoms with Crippen molar-refractivity contribution in [1.29, 1.82) is 0 Å². The zero-order valence-electron chi connectivity index (χ0n) is 11.7. The highest BCUT2D eigenvalue weighted by Gasteiger charge is 2.13. The van der Waals surface area contributed by atoms with E-state index in [9.17, 15) is 0 Å². The number of aromatic nitrogens is 3. The van der Waals surface area contributed by atoms with E-state index in [0.717, 1.165) is 11.6 Å². The average molecular weight is 277 g/mol. The monoisotopic (exact) mass is 277 g/mol. The van der Waals surface area contributed by atoms with Crippen LogP contribution in [0.1, 0.15) is 44.2 Å². The standard InChI is InChI=1S/C14H19N3OS/c1-9(2)11-5-7-12(8-6-11)18-10(3)13-15-16-14(19)17(13)4/h5-10H,1-4H3,(H,16,19). The maximum Gasteiger partial charge on any atom is 0.195 e. The van der Waals surface area contributed by atoms with Crippen LogP contribution < -0.4 is 4.74 Å². The molecule has 0 aliphatic carbocycles. The third kappa shape index (κ3) is 3.04. The van der Waals surface area contributed by atoms with E-state index in [4.69, 9.17) is 17.0 Å². The molecule has 0 saturated heterocycles. The van der Waals surface area contributed by atoms with Crippen LogP contribution in [0.2, 0.25) is 0 Å². The van der Waals surface area contributed by atoms with Gasteiger partial charge in [0.25, 0.3) is 0 Å². The molecule has 0 amide bonds. The summed E-state index contributed by atoms with van der Waals surface area (Å²) in [5.74, 6) is 2.15. The van der Waals surface area contributed by atoms with Crippen molar-refractivity contribution in [3.8, 4) is 5.75 Å². The van der Waals surface area contributed by atoms with Gasteiger partial charge >= 0.3 is 0 Å². The first kappa shape index (κ1) is 13.8. The van der Waals surface area contributed by atoms with E-state index in [1.165, 1.54) is 5.56 Å². The van der Waals surface area contributed by atoms with E-state index in [-0.39, 0.29) is 6.10 Å². The largest absolute Gasteiger partial charge is 0.483 e. The number of H-pyrrole nitrogens is 1. The summed E-state index contributed by atoms with van der Waals surface area (Å²) in [6, 6.07) is 8.17. The Morgan fingerprint density at radius 1 is 1.21 bits per heavy atom. The number of hydrogen-bond acceptors (Lipinski definition) is 3. The molecule has 5 heteroatoms. The predicted molar refractivity (Wildman–Crippen MR) is 78.0 cm³/mol. The van der Waals surface area contributed by atoms with Crippen molar-refractivity contribution in [3.63, 3.8) is 0 Å². The Bertz CT molecular complexity index is 598. The molecule has 0 radical (unpaired) electrons. The Labute approximate surface area is 118 Å². The van der Waals surface area contributed by atoms with Crippen molar-refractivity contribution in [2.45, 2.75) is 32.8 Å². The highest BCUT2D eigenvalue weighted by molar-refractivity contribution is 7.71. The molecule has 0 fully saturated rings. The summed E-state index contributed by atoms with van der Waals surface area (Å²) in [5.41, 5.74) is 1.30. The van der Waals surface area contributed by atoms with E-state index in [1.807, 2.05) is 30.7 Å². The molecule has 0 spiro atoms. The Morgan fingerprint density at radius 3 is 2.32 bits per heavy atom. The van der Waals surface area contributed by atoms with Gasteiger partial charge in [-0.3, -0.25) is 5.10 Å². The van der Waals surface area contributed by atoms with Crippen molar-refractivity contribution >= 4 is 12.2 Å². The lowest BCUT2D eigenvalue weighted by Crippen LogP contribution is -2.09. The van der Waals surface area contributed by atoms with Gasteiger partial charge in [0.2, 0.25) is 0 Å². The lowest BCUT2D eigenvalue weighted by molar-refractivity contribution is 0.212. The molecule has 0 saturated carbocycles. The molecule has 19 heavy (non-hydrogen) atoms. The molecule has 1 unspecified atom stereocenters. The van der Waals surface area contributed by atoms with Gasteiger partial charge in [-0.15, -0.1) is 0 Å². The van der Waals surface area contributed by atoms with Gasteiger partial charge in [0.05, 0.1) is 0 Å². The summed E-state index contributed by atoms with van der Waals surface area (Å²) in [6.07, 6.45) is -0.150. The summed E-state index contributed by atoms with van der Waals surface area (Å²) in [4.78, 5) is 0. The van der Waals surface area contributed by atoms with Gasteiger partial charge in [-0.25, -0.2) is 0 Å². The van der Waals surface area contributed by atoms with Gasteiger partial charge in [-0.1, -0.05) is 26.0 Å². The molecule has 1 atom stereocenters. The number of nitrogens with one attached hydrogen (secondary N) is 1. The molecule has 4 nitrogen and oxygen atoms in total. The Hall–Kier alpha value is -1.62. The third-order valence-electron chi connectivity index (χ3n) is 3.14. The molecule has 1 aromatic carbocycles. The number of ether oxygens (including phenoxy) is 1. The third-order valence-corrected chi connectivity index (χ3v) is 3.50. The molecule has 0 aliphatic rings. The van der Waals surface area contributed by atoms with Crippen molar-refractivity contribution in [2.24, 2.45) is 7.05 Å². The van der Waals surface area contributed by atoms with Crippen LogP contribution in [0.3, 0.4) is 0 Å². The first-order valence-corrected chi connectivity index (χ1v) is 6.77. The molecule has 0 bridgehead atoms. The Kier molecular flexibility index (Phi) is 4.04. The second-order valence-corrected chi connectivity index (χ2v) is 5.32. The van der Waals surface area contributed by atoms with Crippen LogP contribution in [-0.2, 0) is 7.05 Å². The highest BCUT2D eigenvalue weighted by Crippen LogP contribution is 2.23. The van der Waals surface area contributed by atoms with E-state index in [1.54, 1.807) is 0 Å². The quantitative estimate of drug-likeness (QED) is 0.866. The number of aromatic amines is 1. The fourth-order valence-corrected chi connectivity index (χ4v) is 2.05. The van der Waals surface area contributed by atoms with Gasteiger partial charge in [0.1, 0.15) is 5.75 Å². The minimum Gasteiger partial charge on any atom is -0.483 e. The van der Waals surface area contributed by atoms with Crippen LogP contribution in [0, 0.1) is 4.77 Å². The average Bonchev–Trinajstić information content (AvgIpc) is 2.70. The second-order valence-electron chi connectivity index (χ2n) is 4.93. The van der Waals surface area contributed by atoms with Gasteiger partial charge in [0.15, 0.2) is 16.7 Å². The topological polar surface area (TPSA) is 42.8 Å². The van der Waals surface area contributed by atoms with Crippen LogP contribution >= 0.6 is 12.2 Å². The fourth-order valence-electron chi connectivity index (χ4n) is 1.91. The van der Waals surface area contributed by atoms with E-state index < -0.39 is 0 Å². The number of rotatable bonds is 4. The van der Waals surface area contributed by atoms with Crippen LogP contribution in [0.25, 0.3) is 0 Å². The van der Waals surface area contributed by atoms with Crippen molar-refractivity contribution < 1.29 is 4.74 Å². The molecule has 1 heterocycles. The van der Waals surface area contributed by atoms with Gasteiger partial charge in [-0.2, -0.15) is 5.10 Å². The van der Waals surface area contributed by atoms with E-state index in [0.29, 0.717) is 10.7 Å². The first-order valence-electron chi connectivity index (χ1n) is 6.37. The Morgan fingerprint density at radius 2 is 1.84 bits per heavy atom. The molecule has 102 valence electrons. The highest BCUT2D eigenvalue weighted by atomic mass is 32.1. The summed E-state index contributed by atoms with van der Waals surface area (Å²) in [5, 5.41) is 6.94. The zero-order chi connectivity index (χ0) is 14.0. The maximum absolute atomic E-state index is 5.88. The number of nitrogens with zero attached hydrogens (tertiary/aromatic N) is 2. The van der Waals surface area contributed by atoms with Crippen LogP contribution in [0.4, 0.5) is 0 Å². The second kappa shape index (κ2) is 5.57. The minimum absolute atomic E-state index is 0.150. The molecule has 2 rings (SSSR count). The number of benzene rings is 1. The van der Waals surface area contributed by atoms with Gasteiger partial charge < -0.3 is 9.30 Å². The fraction of sp³-hybridized carbons (Fsp3) is 0.429. The van der Waals surface area contributed by atoms with Crippen LogP contribution in [-0.4, -0.2) is 14.8 Å². The van der Waals surface area contributed by atoms with Crippen molar-refractivity contribution in [1.82, 2.24) is 14.8 Å². The number of hydrogen-bond donors (Lipinski definition) is 1. The molecule has 0 aliphatic heterocycles. The minimum atomic E-state index is -0.150. The molecular weight excluding hydrogens is 258 g/mol. The molecule has 1 N–H and O–H groups in total. The maximum atomic E-state index is 5.88. The molecular formula is C14H19N3OS. The van der Waals surface area contributed by atoms with Gasteiger partial charge in [-0.05, 0) is 42.8 Å². The van der Waals surface area contributed by atoms with Crippen LogP contribution in [0.5, 0.6) is 5.75 Å². The Balaban J connectivity index is 2.12. The predicted octanol–water partition coefficient (Wildman–Crippen LogP) is 3.74. The SMILES string of the molecule is CC(C)c1ccc(OC(C)c2n[nH]c(=S)n2C)cc1. The first-order chi connectivity index (χ1) is 8.99.